The number of ether oxygens (including phenoxy) is 3. The molecule has 0 saturated carbocycles. The standard InChI is InChI=1S/C18H19Br2NO3/c1-2-5-24-18-12(8-13(19)9-15(18)20)11-21-14-3-4-16-17(10-14)23-7-6-22-16/h3-4,8-10,21H,2,5-7,11H2,1H3. The quantitative estimate of drug-likeness (QED) is 0.633. The molecule has 0 spiro atoms. The fourth-order valence-corrected chi connectivity index (χ4v) is 3.89. The number of nitrogens with one attached hydrogen (secondary N) is 1. The monoisotopic (exact) mass is 455 g/mol. The first kappa shape index (κ1) is 17.4. The van der Waals surface area contributed by atoms with Gasteiger partial charge >= 0.3 is 0 Å². The predicted molar refractivity (Wildman–Crippen MR) is 102 cm³/mol. The van der Waals surface area contributed by atoms with Crippen LogP contribution in [-0.2, 0) is 6.54 Å². The van der Waals surface area contributed by atoms with Crippen LogP contribution in [-0.4, -0.2) is 19.8 Å². The molecule has 0 bridgehead atoms. The summed E-state index contributed by atoms with van der Waals surface area (Å²) in [6, 6.07) is 9.96. The molecule has 0 saturated heterocycles. The molecule has 0 fully saturated rings. The van der Waals surface area contributed by atoms with Gasteiger partial charge in [-0.15, -0.1) is 0 Å². The van der Waals surface area contributed by atoms with E-state index in [1.165, 1.54) is 0 Å². The second-order valence-electron chi connectivity index (χ2n) is 5.44. The third kappa shape index (κ3) is 4.16. The minimum absolute atomic E-state index is 0.587. The summed E-state index contributed by atoms with van der Waals surface area (Å²) in [5.74, 6) is 2.46. The Bertz CT molecular complexity index is 722. The molecule has 1 aliphatic rings. The van der Waals surface area contributed by atoms with Crippen LogP contribution in [0.5, 0.6) is 17.2 Å². The van der Waals surface area contributed by atoms with Crippen molar-refractivity contribution in [1.29, 1.82) is 0 Å². The SMILES string of the molecule is CCCOc1c(Br)cc(Br)cc1CNc1ccc2c(c1)OCCO2. The van der Waals surface area contributed by atoms with Gasteiger partial charge in [0.25, 0.3) is 0 Å². The smallest absolute Gasteiger partial charge is 0.163 e. The predicted octanol–water partition coefficient (Wildman–Crippen LogP) is 5.38. The van der Waals surface area contributed by atoms with Crippen molar-refractivity contribution in [2.75, 3.05) is 25.1 Å². The molecule has 2 aromatic rings. The molecule has 0 amide bonds. The first-order valence-corrected chi connectivity index (χ1v) is 9.50. The van der Waals surface area contributed by atoms with Gasteiger partial charge < -0.3 is 19.5 Å². The largest absolute Gasteiger partial charge is 0.492 e. The molecule has 0 atom stereocenters. The molecule has 24 heavy (non-hydrogen) atoms. The van der Waals surface area contributed by atoms with E-state index in [-0.39, 0.29) is 0 Å². The summed E-state index contributed by atoms with van der Waals surface area (Å²) in [5, 5.41) is 3.43. The molecular weight excluding hydrogens is 438 g/mol. The molecule has 0 unspecified atom stereocenters. The number of fused-ring (bicyclic) bond motifs is 1. The summed E-state index contributed by atoms with van der Waals surface area (Å²) in [6.07, 6.45) is 0.970. The Morgan fingerprint density at radius 1 is 1.08 bits per heavy atom. The summed E-state index contributed by atoms with van der Waals surface area (Å²) in [5.41, 5.74) is 2.07. The summed E-state index contributed by atoms with van der Waals surface area (Å²) >= 11 is 7.13. The molecule has 2 aromatic carbocycles. The average molecular weight is 457 g/mol. The highest BCUT2D eigenvalue weighted by Crippen LogP contribution is 2.35. The highest BCUT2D eigenvalue weighted by atomic mass is 79.9. The van der Waals surface area contributed by atoms with Crippen molar-refractivity contribution in [3.8, 4) is 17.2 Å². The maximum atomic E-state index is 5.90. The average Bonchev–Trinajstić information content (AvgIpc) is 2.58. The van der Waals surface area contributed by atoms with Crippen molar-refractivity contribution in [3.63, 3.8) is 0 Å². The van der Waals surface area contributed by atoms with Crippen LogP contribution < -0.4 is 19.5 Å². The molecule has 128 valence electrons. The van der Waals surface area contributed by atoms with E-state index in [0.29, 0.717) is 26.4 Å². The minimum Gasteiger partial charge on any atom is -0.492 e. The zero-order valence-corrected chi connectivity index (χ0v) is 16.6. The van der Waals surface area contributed by atoms with Crippen LogP contribution in [0.3, 0.4) is 0 Å². The van der Waals surface area contributed by atoms with E-state index < -0.39 is 0 Å². The van der Waals surface area contributed by atoms with Crippen molar-refractivity contribution in [1.82, 2.24) is 0 Å². The first-order valence-electron chi connectivity index (χ1n) is 7.91. The summed E-state index contributed by atoms with van der Waals surface area (Å²) < 4.78 is 19.0. The molecule has 1 aliphatic heterocycles. The van der Waals surface area contributed by atoms with Gasteiger partial charge in [0.15, 0.2) is 11.5 Å². The van der Waals surface area contributed by atoms with Crippen molar-refractivity contribution in [3.05, 3.63) is 44.8 Å². The fraction of sp³-hybridized carbons (Fsp3) is 0.333. The first-order chi connectivity index (χ1) is 11.7. The Hall–Kier alpha value is -1.40. The van der Waals surface area contributed by atoms with E-state index in [2.05, 4.69) is 50.2 Å². The lowest BCUT2D eigenvalue weighted by Crippen LogP contribution is -2.15. The van der Waals surface area contributed by atoms with Crippen molar-refractivity contribution >= 4 is 37.5 Å². The van der Waals surface area contributed by atoms with Crippen molar-refractivity contribution < 1.29 is 14.2 Å². The molecular formula is C18H19Br2NO3. The van der Waals surface area contributed by atoms with Crippen molar-refractivity contribution in [2.45, 2.75) is 19.9 Å². The number of benzene rings is 2. The second-order valence-corrected chi connectivity index (χ2v) is 7.21. The van der Waals surface area contributed by atoms with Gasteiger partial charge in [-0.1, -0.05) is 22.9 Å². The third-order valence-corrected chi connectivity index (χ3v) is 4.61. The molecule has 6 heteroatoms. The molecule has 1 heterocycles. The Morgan fingerprint density at radius 2 is 1.88 bits per heavy atom. The zero-order valence-electron chi connectivity index (χ0n) is 13.4. The van der Waals surface area contributed by atoms with Crippen LogP contribution in [0.4, 0.5) is 5.69 Å². The maximum absolute atomic E-state index is 5.90. The van der Waals surface area contributed by atoms with E-state index in [9.17, 15) is 0 Å². The molecule has 3 rings (SSSR count). The topological polar surface area (TPSA) is 39.7 Å². The Balaban J connectivity index is 1.76. The number of rotatable bonds is 6. The lowest BCUT2D eigenvalue weighted by Gasteiger charge is -2.19. The van der Waals surface area contributed by atoms with E-state index in [0.717, 1.165) is 43.9 Å². The lowest BCUT2D eigenvalue weighted by molar-refractivity contribution is 0.171. The van der Waals surface area contributed by atoms with Crippen molar-refractivity contribution in [2.24, 2.45) is 0 Å². The number of hydrogen-bond donors (Lipinski definition) is 1. The van der Waals surface area contributed by atoms with E-state index in [1.807, 2.05) is 24.3 Å². The van der Waals surface area contributed by atoms with Gasteiger partial charge in [0.2, 0.25) is 0 Å². The Morgan fingerprint density at radius 3 is 2.67 bits per heavy atom. The van der Waals surface area contributed by atoms with E-state index in [1.54, 1.807) is 0 Å². The van der Waals surface area contributed by atoms with Crippen LogP contribution in [0.2, 0.25) is 0 Å². The van der Waals surface area contributed by atoms with Gasteiger partial charge in [0.1, 0.15) is 19.0 Å². The van der Waals surface area contributed by atoms with Gasteiger partial charge in [-0.3, -0.25) is 0 Å². The normalized spacial score (nSPS) is 12.8. The Labute approximate surface area is 158 Å². The zero-order chi connectivity index (χ0) is 16.9. The van der Waals surface area contributed by atoms with Crippen LogP contribution in [0.25, 0.3) is 0 Å². The number of anilines is 1. The van der Waals surface area contributed by atoms with Crippen LogP contribution >= 0.6 is 31.9 Å². The molecule has 0 radical (unpaired) electrons. The third-order valence-electron chi connectivity index (χ3n) is 3.56. The lowest BCUT2D eigenvalue weighted by atomic mass is 10.2. The summed E-state index contributed by atoms with van der Waals surface area (Å²) in [7, 11) is 0. The Kier molecular flexibility index (Phi) is 5.89. The highest BCUT2D eigenvalue weighted by molar-refractivity contribution is 9.11. The second kappa shape index (κ2) is 8.12. The van der Waals surface area contributed by atoms with Gasteiger partial charge in [0.05, 0.1) is 11.1 Å². The van der Waals surface area contributed by atoms with E-state index in [4.69, 9.17) is 14.2 Å². The van der Waals surface area contributed by atoms with Crippen LogP contribution in [0.1, 0.15) is 18.9 Å². The minimum atomic E-state index is 0.587. The number of halogens is 2. The van der Waals surface area contributed by atoms with Crippen LogP contribution in [0, 0.1) is 0 Å². The van der Waals surface area contributed by atoms with Gasteiger partial charge in [-0.2, -0.15) is 0 Å². The number of hydrogen-bond acceptors (Lipinski definition) is 4. The van der Waals surface area contributed by atoms with Crippen LogP contribution in [0.15, 0.2) is 39.3 Å². The summed E-state index contributed by atoms with van der Waals surface area (Å²) in [4.78, 5) is 0. The molecule has 4 nitrogen and oxygen atoms in total. The molecule has 0 aromatic heterocycles. The van der Waals surface area contributed by atoms with Gasteiger partial charge in [0, 0.05) is 28.3 Å². The van der Waals surface area contributed by atoms with Gasteiger partial charge in [-0.25, -0.2) is 0 Å². The fourth-order valence-electron chi connectivity index (χ4n) is 2.46. The highest BCUT2D eigenvalue weighted by Gasteiger charge is 2.13. The molecule has 0 aliphatic carbocycles. The summed E-state index contributed by atoms with van der Waals surface area (Å²) in [6.45, 7) is 4.63. The van der Waals surface area contributed by atoms with E-state index >= 15 is 0 Å². The maximum Gasteiger partial charge on any atom is 0.163 e. The van der Waals surface area contributed by atoms with Gasteiger partial charge in [-0.05, 0) is 46.6 Å². The molecule has 1 N–H and O–H groups in total.